The van der Waals surface area contributed by atoms with Crippen LogP contribution in [0.5, 0.6) is 5.75 Å². The molecule has 0 heterocycles. The number of aryl methyl sites for hydroxylation is 1. The van der Waals surface area contributed by atoms with Crippen molar-refractivity contribution in [2.24, 2.45) is 5.73 Å². The van der Waals surface area contributed by atoms with Gasteiger partial charge in [-0.25, -0.2) is 0 Å². The van der Waals surface area contributed by atoms with E-state index >= 15 is 0 Å². The Kier molecular flexibility index (Phi) is 6.84. The van der Waals surface area contributed by atoms with Crippen LogP contribution in [0.1, 0.15) is 23.6 Å². The molecule has 0 fully saturated rings. The second-order valence-electron chi connectivity index (χ2n) is 4.81. The number of nitrogens with two attached hydrogens (primary N) is 1. The Labute approximate surface area is 116 Å². The number of benzene rings is 1. The van der Waals surface area contributed by atoms with Gasteiger partial charge in [0.2, 0.25) is 0 Å². The molecule has 0 aliphatic heterocycles. The molecular weight excluding hydrogens is 240 g/mol. The van der Waals surface area contributed by atoms with Gasteiger partial charge in [0.05, 0.1) is 7.11 Å². The molecule has 0 aromatic heterocycles. The van der Waals surface area contributed by atoms with Crippen molar-refractivity contribution in [3.8, 4) is 5.75 Å². The van der Waals surface area contributed by atoms with Gasteiger partial charge in [-0.2, -0.15) is 0 Å². The number of methoxy groups -OCH3 is 2. The van der Waals surface area contributed by atoms with Crippen LogP contribution in [0.4, 0.5) is 0 Å². The summed E-state index contributed by atoms with van der Waals surface area (Å²) < 4.78 is 10.4. The number of ether oxygens (including phenoxy) is 2. The Bertz CT molecular complexity index is 382. The van der Waals surface area contributed by atoms with Crippen LogP contribution in [-0.4, -0.2) is 45.9 Å². The van der Waals surface area contributed by atoms with Crippen molar-refractivity contribution < 1.29 is 9.47 Å². The fourth-order valence-electron chi connectivity index (χ4n) is 2.29. The fraction of sp³-hybridized carbons (Fsp3) is 0.600. The highest BCUT2D eigenvalue weighted by Crippen LogP contribution is 2.25. The van der Waals surface area contributed by atoms with Gasteiger partial charge in [0.15, 0.2) is 0 Å². The first-order chi connectivity index (χ1) is 9.13. The Morgan fingerprint density at radius 3 is 2.58 bits per heavy atom. The lowest BCUT2D eigenvalue weighted by Crippen LogP contribution is -2.31. The van der Waals surface area contributed by atoms with Gasteiger partial charge in [0, 0.05) is 32.8 Å². The molecule has 19 heavy (non-hydrogen) atoms. The highest BCUT2D eigenvalue weighted by molar-refractivity contribution is 5.37. The lowest BCUT2D eigenvalue weighted by molar-refractivity contribution is 0.166. The van der Waals surface area contributed by atoms with Gasteiger partial charge >= 0.3 is 0 Å². The van der Waals surface area contributed by atoms with Gasteiger partial charge in [-0.15, -0.1) is 0 Å². The molecule has 1 unspecified atom stereocenters. The minimum Gasteiger partial charge on any atom is -0.496 e. The summed E-state index contributed by atoms with van der Waals surface area (Å²) in [5.74, 6) is 0.918. The summed E-state index contributed by atoms with van der Waals surface area (Å²) >= 11 is 0. The van der Waals surface area contributed by atoms with Crippen molar-refractivity contribution in [1.82, 2.24) is 4.90 Å². The molecule has 1 aromatic carbocycles. The van der Waals surface area contributed by atoms with E-state index in [9.17, 15) is 0 Å². The SMILES string of the molecule is COCCCN(C)C(CN)c1ccc(OC)c(C)c1. The number of nitrogens with zero attached hydrogens (tertiary/aromatic N) is 1. The normalized spacial score (nSPS) is 12.7. The number of likely N-dealkylation sites (N-methyl/N-ethyl adjacent to an activating group) is 1. The van der Waals surface area contributed by atoms with E-state index in [0.717, 1.165) is 30.9 Å². The van der Waals surface area contributed by atoms with Crippen LogP contribution >= 0.6 is 0 Å². The summed E-state index contributed by atoms with van der Waals surface area (Å²) in [5, 5.41) is 0. The molecule has 0 spiro atoms. The van der Waals surface area contributed by atoms with E-state index in [0.29, 0.717) is 6.54 Å². The Hall–Kier alpha value is -1.10. The van der Waals surface area contributed by atoms with E-state index in [4.69, 9.17) is 15.2 Å². The Balaban J connectivity index is 2.75. The van der Waals surface area contributed by atoms with Crippen molar-refractivity contribution in [2.45, 2.75) is 19.4 Å². The van der Waals surface area contributed by atoms with E-state index in [1.165, 1.54) is 5.56 Å². The maximum atomic E-state index is 5.93. The lowest BCUT2D eigenvalue weighted by atomic mass is 10.0. The van der Waals surface area contributed by atoms with Crippen LogP contribution in [0.15, 0.2) is 18.2 Å². The maximum absolute atomic E-state index is 5.93. The summed E-state index contributed by atoms with van der Waals surface area (Å²) in [6.07, 6.45) is 1.01. The highest BCUT2D eigenvalue weighted by atomic mass is 16.5. The van der Waals surface area contributed by atoms with Crippen LogP contribution in [0.25, 0.3) is 0 Å². The summed E-state index contributed by atoms with van der Waals surface area (Å²) in [6.45, 7) is 4.42. The molecule has 0 saturated heterocycles. The average Bonchev–Trinajstić information content (AvgIpc) is 2.40. The zero-order valence-electron chi connectivity index (χ0n) is 12.5. The van der Waals surface area contributed by atoms with Crippen molar-refractivity contribution >= 4 is 0 Å². The third kappa shape index (κ3) is 4.49. The van der Waals surface area contributed by atoms with E-state index in [-0.39, 0.29) is 6.04 Å². The second-order valence-corrected chi connectivity index (χ2v) is 4.81. The van der Waals surface area contributed by atoms with Gasteiger partial charge < -0.3 is 15.2 Å². The van der Waals surface area contributed by atoms with Crippen LogP contribution in [-0.2, 0) is 4.74 Å². The third-order valence-electron chi connectivity index (χ3n) is 3.42. The van der Waals surface area contributed by atoms with Gasteiger partial charge in [0.1, 0.15) is 5.75 Å². The molecule has 1 atom stereocenters. The van der Waals surface area contributed by atoms with Crippen LogP contribution in [0, 0.1) is 6.92 Å². The first-order valence-corrected chi connectivity index (χ1v) is 6.67. The quantitative estimate of drug-likeness (QED) is 0.731. The van der Waals surface area contributed by atoms with Crippen LogP contribution in [0.2, 0.25) is 0 Å². The Morgan fingerprint density at radius 1 is 1.32 bits per heavy atom. The second kappa shape index (κ2) is 8.15. The molecule has 108 valence electrons. The van der Waals surface area contributed by atoms with Crippen LogP contribution < -0.4 is 10.5 Å². The monoisotopic (exact) mass is 266 g/mol. The first-order valence-electron chi connectivity index (χ1n) is 6.67. The molecule has 4 heteroatoms. The van der Waals surface area contributed by atoms with Crippen LogP contribution in [0.3, 0.4) is 0 Å². The number of rotatable bonds is 8. The molecule has 1 rings (SSSR count). The van der Waals surface area contributed by atoms with Crippen molar-refractivity contribution in [3.05, 3.63) is 29.3 Å². The summed E-state index contributed by atoms with van der Waals surface area (Å²) in [6, 6.07) is 6.50. The van der Waals surface area contributed by atoms with Crippen molar-refractivity contribution in [2.75, 3.05) is 41.0 Å². The van der Waals surface area contributed by atoms with E-state index in [1.807, 2.05) is 6.07 Å². The summed E-state index contributed by atoms with van der Waals surface area (Å²) in [5.41, 5.74) is 8.31. The molecule has 4 nitrogen and oxygen atoms in total. The maximum Gasteiger partial charge on any atom is 0.121 e. The smallest absolute Gasteiger partial charge is 0.121 e. The molecule has 0 aliphatic rings. The van der Waals surface area contributed by atoms with Crippen molar-refractivity contribution in [1.29, 1.82) is 0 Å². The molecule has 2 N–H and O–H groups in total. The standard InChI is InChI=1S/C15H26N2O2/c1-12-10-13(6-7-15(12)19-4)14(11-16)17(2)8-5-9-18-3/h6-7,10,14H,5,8-9,11,16H2,1-4H3. The van der Waals surface area contributed by atoms with Gasteiger partial charge in [-0.05, 0) is 37.6 Å². The lowest BCUT2D eigenvalue weighted by Gasteiger charge is -2.27. The molecule has 0 bridgehead atoms. The van der Waals surface area contributed by atoms with E-state index in [2.05, 4.69) is 31.0 Å². The number of hydrogen-bond donors (Lipinski definition) is 1. The van der Waals surface area contributed by atoms with E-state index < -0.39 is 0 Å². The van der Waals surface area contributed by atoms with Gasteiger partial charge in [-0.1, -0.05) is 12.1 Å². The van der Waals surface area contributed by atoms with Gasteiger partial charge in [-0.3, -0.25) is 4.90 Å². The fourth-order valence-corrected chi connectivity index (χ4v) is 2.29. The average molecular weight is 266 g/mol. The predicted octanol–water partition coefficient (Wildman–Crippen LogP) is 1.97. The number of hydrogen-bond acceptors (Lipinski definition) is 4. The summed E-state index contributed by atoms with van der Waals surface area (Å²) in [4.78, 5) is 2.28. The highest BCUT2D eigenvalue weighted by Gasteiger charge is 2.16. The Morgan fingerprint density at radius 2 is 2.05 bits per heavy atom. The predicted molar refractivity (Wildman–Crippen MR) is 78.6 cm³/mol. The van der Waals surface area contributed by atoms with E-state index in [1.54, 1.807) is 14.2 Å². The first kappa shape index (κ1) is 16.0. The molecule has 0 saturated carbocycles. The largest absolute Gasteiger partial charge is 0.496 e. The molecular formula is C15H26N2O2. The topological polar surface area (TPSA) is 47.7 Å². The molecule has 0 radical (unpaired) electrons. The summed E-state index contributed by atoms with van der Waals surface area (Å²) in [7, 11) is 5.53. The van der Waals surface area contributed by atoms with Crippen molar-refractivity contribution in [3.63, 3.8) is 0 Å². The third-order valence-corrected chi connectivity index (χ3v) is 3.42. The minimum atomic E-state index is 0.237. The zero-order chi connectivity index (χ0) is 14.3. The van der Waals surface area contributed by atoms with Gasteiger partial charge in [0.25, 0.3) is 0 Å². The molecule has 0 amide bonds. The molecule has 1 aromatic rings. The molecule has 0 aliphatic carbocycles. The zero-order valence-corrected chi connectivity index (χ0v) is 12.5. The minimum absolute atomic E-state index is 0.237.